The first kappa shape index (κ1) is 19.7. The van der Waals surface area contributed by atoms with Crippen LogP contribution >= 0.6 is 0 Å². The van der Waals surface area contributed by atoms with Crippen molar-refractivity contribution in [2.45, 2.75) is 51.4 Å². The van der Waals surface area contributed by atoms with Crippen molar-refractivity contribution in [2.24, 2.45) is 0 Å². The van der Waals surface area contributed by atoms with Crippen LogP contribution in [-0.4, -0.2) is 52.8 Å². The Kier molecular flexibility index (Phi) is 5.97. The summed E-state index contributed by atoms with van der Waals surface area (Å²) in [5.74, 6) is 1.64. The van der Waals surface area contributed by atoms with Gasteiger partial charge in [0.15, 0.2) is 11.6 Å². The molecule has 0 bridgehead atoms. The predicted octanol–water partition coefficient (Wildman–Crippen LogP) is 3.56. The largest absolute Gasteiger partial charge is 0.445 e. The summed E-state index contributed by atoms with van der Waals surface area (Å²) in [5, 5.41) is 0. The number of piperidine rings is 1. The first-order chi connectivity index (χ1) is 14.1. The van der Waals surface area contributed by atoms with Crippen molar-refractivity contribution >= 4 is 11.8 Å². The van der Waals surface area contributed by atoms with E-state index in [1.807, 2.05) is 34.9 Å². The summed E-state index contributed by atoms with van der Waals surface area (Å²) >= 11 is 0. The lowest BCUT2D eigenvalue weighted by atomic mass is 9.96. The SMILES string of the molecule is Cc1oc(C2CCN(C(=O)CCc3ccccc3)CC2)nc1C(=O)N1CCCC1. The van der Waals surface area contributed by atoms with E-state index in [0.29, 0.717) is 23.8 Å². The number of aromatic nitrogens is 1. The molecule has 2 aromatic rings. The van der Waals surface area contributed by atoms with E-state index in [1.165, 1.54) is 5.56 Å². The summed E-state index contributed by atoms with van der Waals surface area (Å²) in [4.78, 5) is 33.6. The molecule has 0 spiro atoms. The third kappa shape index (κ3) is 4.52. The van der Waals surface area contributed by atoms with E-state index < -0.39 is 0 Å². The number of hydrogen-bond acceptors (Lipinski definition) is 4. The van der Waals surface area contributed by atoms with Crippen LogP contribution in [0, 0.1) is 6.92 Å². The molecule has 6 nitrogen and oxygen atoms in total. The number of hydrogen-bond donors (Lipinski definition) is 0. The fraction of sp³-hybridized carbons (Fsp3) is 0.522. The number of likely N-dealkylation sites (tertiary alicyclic amines) is 2. The van der Waals surface area contributed by atoms with Crippen LogP contribution in [0.3, 0.4) is 0 Å². The number of carbonyl (C=O) groups excluding carboxylic acids is 2. The van der Waals surface area contributed by atoms with E-state index in [4.69, 9.17) is 4.42 Å². The van der Waals surface area contributed by atoms with Gasteiger partial charge in [0.05, 0.1) is 0 Å². The normalized spacial score (nSPS) is 17.7. The molecule has 0 unspecified atom stereocenters. The molecule has 2 fully saturated rings. The molecule has 2 amide bonds. The highest BCUT2D eigenvalue weighted by atomic mass is 16.4. The predicted molar refractivity (Wildman–Crippen MR) is 110 cm³/mol. The quantitative estimate of drug-likeness (QED) is 0.776. The topological polar surface area (TPSA) is 66.7 Å². The van der Waals surface area contributed by atoms with Crippen LogP contribution in [0.1, 0.15) is 65.7 Å². The fourth-order valence-corrected chi connectivity index (χ4v) is 4.29. The number of benzene rings is 1. The van der Waals surface area contributed by atoms with Gasteiger partial charge in [0.2, 0.25) is 5.91 Å². The lowest BCUT2D eigenvalue weighted by molar-refractivity contribution is -0.132. The zero-order valence-electron chi connectivity index (χ0n) is 17.1. The van der Waals surface area contributed by atoms with Gasteiger partial charge in [-0.25, -0.2) is 4.98 Å². The maximum Gasteiger partial charge on any atom is 0.276 e. The standard InChI is InChI=1S/C23H29N3O3/c1-17-21(23(28)26-13-5-6-14-26)24-22(29-17)19-11-15-25(16-12-19)20(27)10-9-18-7-3-2-4-8-18/h2-4,7-8,19H,5-6,9-16H2,1H3. The van der Waals surface area contributed by atoms with Gasteiger partial charge in [0.1, 0.15) is 5.76 Å². The number of amides is 2. The summed E-state index contributed by atoms with van der Waals surface area (Å²) in [6, 6.07) is 10.1. The minimum absolute atomic E-state index is 0.0106. The van der Waals surface area contributed by atoms with Crippen molar-refractivity contribution in [3.8, 4) is 0 Å². The Bertz CT molecular complexity index is 848. The molecular formula is C23H29N3O3. The van der Waals surface area contributed by atoms with Gasteiger partial charge in [-0.1, -0.05) is 30.3 Å². The number of aryl methyl sites for hydroxylation is 2. The second-order valence-corrected chi connectivity index (χ2v) is 8.10. The van der Waals surface area contributed by atoms with Gasteiger partial charge in [-0.05, 0) is 44.6 Å². The molecule has 0 atom stereocenters. The first-order valence-electron chi connectivity index (χ1n) is 10.7. The van der Waals surface area contributed by atoms with E-state index >= 15 is 0 Å². The summed E-state index contributed by atoms with van der Waals surface area (Å²) in [5.41, 5.74) is 1.66. The molecule has 0 N–H and O–H groups in total. The minimum atomic E-state index is -0.0106. The summed E-state index contributed by atoms with van der Waals surface area (Å²) in [6.45, 7) is 4.88. The van der Waals surface area contributed by atoms with Gasteiger partial charge in [-0.15, -0.1) is 0 Å². The van der Waals surface area contributed by atoms with Crippen LogP contribution in [0.2, 0.25) is 0 Å². The highest BCUT2D eigenvalue weighted by Gasteiger charge is 2.30. The summed E-state index contributed by atoms with van der Waals surface area (Å²) in [7, 11) is 0. The number of nitrogens with zero attached hydrogens (tertiary/aromatic N) is 3. The van der Waals surface area contributed by atoms with Crippen molar-refractivity contribution < 1.29 is 14.0 Å². The van der Waals surface area contributed by atoms with E-state index in [1.54, 1.807) is 0 Å². The number of rotatable bonds is 5. The second-order valence-electron chi connectivity index (χ2n) is 8.10. The molecule has 3 heterocycles. The average Bonchev–Trinajstić information content (AvgIpc) is 3.42. The number of carbonyl (C=O) groups is 2. The van der Waals surface area contributed by atoms with E-state index in [9.17, 15) is 9.59 Å². The number of oxazole rings is 1. The Morgan fingerprint density at radius 3 is 2.41 bits per heavy atom. The van der Waals surface area contributed by atoms with Crippen molar-refractivity contribution in [2.75, 3.05) is 26.2 Å². The van der Waals surface area contributed by atoms with Gasteiger partial charge in [-0.2, -0.15) is 0 Å². The van der Waals surface area contributed by atoms with Crippen molar-refractivity contribution in [1.29, 1.82) is 0 Å². The molecule has 2 saturated heterocycles. The maximum absolute atomic E-state index is 12.6. The molecule has 4 rings (SSSR count). The average molecular weight is 396 g/mol. The van der Waals surface area contributed by atoms with Crippen LogP contribution in [0.15, 0.2) is 34.7 Å². The van der Waals surface area contributed by atoms with Crippen molar-refractivity contribution in [3.05, 3.63) is 53.2 Å². The molecule has 154 valence electrons. The Balaban J connectivity index is 1.31. The van der Waals surface area contributed by atoms with Crippen molar-refractivity contribution in [3.63, 3.8) is 0 Å². The van der Waals surface area contributed by atoms with Crippen LogP contribution in [0.4, 0.5) is 0 Å². The Labute approximate surface area is 171 Å². The molecule has 2 aliphatic rings. The van der Waals surface area contributed by atoms with Crippen LogP contribution < -0.4 is 0 Å². The van der Waals surface area contributed by atoms with Gasteiger partial charge in [-0.3, -0.25) is 9.59 Å². The maximum atomic E-state index is 12.6. The lowest BCUT2D eigenvalue weighted by Crippen LogP contribution is -2.38. The molecule has 0 saturated carbocycles. The Hall–Kier alpha value is -2.63. The smallest absolute Gasteiger partial charge is 0.276 e. The molecule has 6 heteroatoms. The van der Waals surface area contributed by atoms with Crippen LogP contribution in [-0.2, 0) is 11.2 Å². The second kappa shape index (κ2) is 8.80. The Morgan fingerprint density at radius 1 is 1.03 bits per heavy atom. The van der Waals surface area contributed by atoms with Crippen LogP contribution in [0.25, 0.3) is 0 Å². The van der Waals surface area contributed by atoms with Gasteiger partial charge in [0, 0.05) is 38.5 Å². The fourth-order valence-electron chi connectivity index (χ4n) is 4.29. The van der Waals surface area contributed by atoms with Crippen molar-refractivity contribution in [1.82, 2.24) is 14.8 Å². The van der Waals surface area contributed by atoms with Gasteiger partial charge >= 0.3 is 0 Å². The minimum Gasteiger partial charge on any atom is -0.445 e. The zero-order chi connectivity index (χ0) is 20.2. The van der Waals surface area contributed by atoms with Crippen LogP contribution in [0.5, 0.6) is 0 Å². The molecule has 29 heavy (non-hydrogen) atoms. The summed E-state index contributed by atoms with van der Waals surface area (Å²) < 4.78 is 5.87. The highest BCUT2D eigenvalue weighted by Crippen LogP contribution is 2.30. The third-order valence-corrected chi connectivity index (χ3v) is 6.08. The zero-order valence-corrected chi connectivity index (χ0v) is 17.1. The molecule has 2 aliphatic heterocycles. The molecule has 1 aromatic heterocycles. The third-order valence-electron chi connectivity index (χ3n) is 6.08. The molecule has 0 aliphatic carbocycles. The van der Waals surface area contributed by atoms with Gasteiger partial charge in [0.25, 0.3) is 5.91 Å². The lowest BCUT2D eigenvalue weighted by Gasteiger charge is -2.30. The molecule has 1 aromatic carbocycles. The van der Waals surface area contributed by atoms with E-state index in [-0.39, 0.29) is 17.7 Å². The first-order valence-corrected chi connectivity index (χ1v) is 10.7. The molecular weight excluding hydrogens is 366 g/mol. The Morgan fingerprint density at radius 2 is 1.72 bits per heavy atom. The summed E-state index contributed by atoms with van der Waals surface area (Å²) in [6.07, 6.45) is 5.10. The van der Waals surface area contributed by atoms with Gasteiger partial charge < -0.3 is 14.2 Å². The van der Waals surface area contributed by atoms with E-state index in [2.05, 4.69) is 17.1 Å². The highest BCUT2D eigenvalue weighted by molar-refractivity contribution is 5.93. The monoisotopic (exact) mass is 395 g/mol. The molecule has 0 radical (unpaired) electrons. The van der Waals surface area contributed by atoms with E-state index in [0.717, 1.165) is 58.3 Å².